The first kappa shape index (κ1) is 14.9. The van der Waals surface area contributed by atoms with E-state index in [4.69, 9.17) is 26.8 Å². The van der Waals surface area contributed by atoms with Gasteiger partial charge in [0.25, 0.3) is 0 Å². The lowest BCUT2D eigenvalue weighted by Crippen LogP contribution is -2.15. The zero-order valence-corrected chi connectivity index (χ0v) is 12.0. The first-order valence-corrected chi connectivity index (χ1v) is 6.31. The fraction of sp³-hybridized carbons (Fsp3) is 0.429. The third kappa shape index (κ3) is 3.65. The molecule has 0 radical (unpaired) electrons. The van der Waals surface area contributed by atoms with Crippen molar-refractivity contribution in [2.75, 3.05) is 13.7 Å². The second kappa shape index (κ2) is 6.66. The highest BCUT2D eigenvalue weighted by Gasteiger charge is 2.11. The SMILES string of the molecule is CCOc1c(Cl)cc(/C=C(/C)C(C)N)cc1OC. The van der Waals surface area contributed by atoms with Crippen LogP contribution in [0, 0.1) is 0 Å². The molecule has 100 valence electrons. The summed E-state index contributed by atoms with van der Waals surface area (Å²) in [6.45, 7) is 6.38. The molecule has 1 aromatic rings. The molecule has 0 aliphatic heterocycles. The predicted octanol–water partition coefficient (Wildman–Crippen LogP) is 3.50. The summed E-state index contributed by atoms with van der Waals surface area (Å²) in [5.74, 6) is 1.21. The number of hydrogen-bond donors (Lipinski definition) is 1. The van der Waals surface area contributed by atoms with Crippen molar-refractivity contribution >= 4 is 17.7 Å². The van der Waals surface area contributed by atoms with Crippen LogP contribution in [0.1, 0.15) is 26.3 Å². The van der Waals surface area contributed by atoms with Crippen molar-refractivity contribution < 1.29 is 9.47 Å². The molecule has 0 aliphatic carbocycles. The van der Waals surface area contributed by atoms with Gasteiger partial charge >= 0.3 is 0 Å². The molecule has 0 heterocycles. The Morgan fingerprint density at radius 1 is 1.50 bits per heavy atom. The molecular weight excluding hydrogens is 250 g/mol. The van der Waals surface area contributed by atoms with Crippen molar-refractivity contribution in [1.29, 1.82) is 0 Å². The van der Waals surface area contributed by atoms with Crippen LogP contribution < -0.4 is 15.2 Å². The lowest BCUT2D eigenvalue weighted by atomic mass is 10.1. The van der Waals surface area contributed by atoms with Gasteiger partial charge in [0.2, 0.25) is 0 Å². The van der Waals surface area contributed by atoms with E-state index in [2.05, 4.69) is 0 Å². The molecule has 0 saturated carbocycles. The summed E-state index contributed by atoms with van der Waals surface area (Å²) >= 11 is 6.19. The summed E-state index contributed by atoms with van der Waals surface area (Å²) in [7, 11) is 1.60. The predicted molar refractivity (Wildman–Crippen MR) is 76.5 cm³/mol. The zero-order valence-electron chi connectivity index (χ0n) is 11.3. The fourth-order valence-corrected chi connectivity index (χ4v) is 1.78. The second-order valence-electron chi connectivity index (χ2n) is 4.14. The Morgan fingerprint density at radius 2 is 2.17 bits per heavy atom. The molecule has 0 aromatic heterocycles. The van der Waals surface area contributed by atoms with Gasteiger partial charge in [-0.1, -0.05) is 23.3 Å². The van der Waals surface area contributed by atoms with Crippen LogP contribution in [0.3, 0.4) is 0 Å². The zero-order chi connectivity index (χ0) is 13.7. The van der Waals surface area contributed by atoms with Crippen LogP contribution in [0.2, 0.25) is 5.02 Å². The highest BCUT2D eigenvalue weighted by molar-refractivity contribution is 6.32. The van der Waals surface area contributed by atoms with Gasteiger partial charge in [0.05, 0.1) is 18.7 Å². The van der Waals surface area contributed by atoms with Gasteiger partial charge in [0, 0.05) is 6.04 Å². The topological polar surface area (TPSA) is 44.5 Å². The molecular formula is C14H20ClNO2. The standard InChI is InChI=1S/C14H20ClNO2/c1-5-18-14-12(15)7-11(8-13(14)17-4)6-9(2)10(3)16/h6-8,10H,5,16H2,1-4H3/b9-6-. The first-order chi connectivity index (χ1) is 8.49. The molecule has 1 rings (SSSR count). The molecule has 0 fully saturated rings. The number of ether oxygens (including phenoxy) is 2. The normalized spacial score (nSPS) is 13.3. The largest absolute Gasteiger partial charge is 0.493 e. The molecule has 0 aliphatic rings. The van der Waals surface area contributed by atoms with Gasteiger partial charge in [-0.25, -0.2) is 0 Å². The van der Waals surface area contributed by atoms with Gasteiger partial charge in [-0.2, -0.15) is 0 Å². The molecule has 1 unspecified atom stereocenters. The van der Waals surface area contributed by atoms with E-state index in [1.54, 1.807) is 7.11 Å². The van der Waals surface area contributed by atoms with Gasteiger partial charge in [0.15, 0.2) is 11.5 Å². The van der Waals surface area contributed by atoms with Crippen LogP contribution in [0.5, 0.6) is 11.5 Å². The van der Waals surface area contributed by atoms with E-state index in [1.807, 2.05) is 39.0 Å². The third-order valence-electron chi connectivity index (χ3n) is 2.65. The van der Waals surface area contributed by atoms with Crippen LogP contribution in [-0.4, -0.2) is 19.8 Å². The summed E-state index contributed by atoms with van der Waals surface area (Å²) in [6, 6.07) is 3.75. The van der Waals surface area contributed by atoms with Crippen molar-refractivity contribution in [2.45, 2.75) is 26.8 Å². The van der Waals surface area contributed by atoms with Crippen LogP contribution in [0.15, 0.2) is 17.7 Å². The summed E-state index contributed by atoms with van der Waals surface area (Å²) in [5, 5.41) is 0.542. The van der Waals surface area contributed by atoms with Crippen LogP contribution in [0.25, 0.3) is 6.08 Å². The third-order valence-corrected chi connectivity index (χ3v) is 2.93. The molecule has 0 saturated heterocycles. The average molecular weight is 270 g/mol. The van der Waals surface area contributed by atoms with Gasteiger partial charge in [0.1, 0.15) is 0 Å². The number of rotatable bonds is 5. The minimum Gasteiger partial charge on any atom is -0.493 e. The molecule has 1 atom stereocenters. The fourth-order valence-electron chi connectivity index (χ4n) is 1.50. The minimum absolute atomic E-state index is 0.0151. The Hall–Kier alpha value is -1.19. The van der Waals surface area contributed by atoms with Gasteiger partial charge in [-0.05, 0) is 38.5 Å². The smallest absolute Gasteiger partial charge is 0.179 e. The molecule has 2 N–H and O–H groups in total. The van der Waals surface area contributed by atoms with Gasteiger partial charge in [-0.3, -0.25) is 0 Å². The average Bonchev–Trinajstić information content (AvgIpc) is 2.32. The van der Waals surface area contributed by atoms with Crippen LogP contribution >= 0.6 is 11.6 Å². The lowest BCUT2D eigenvalue weighted by molar-refractivity contribution is 0.311. The van der Waals surface area contributed by atoms with E-state index in [9.17, 15) is 0 Å². The number of halogens is 1. The van der Waals surface area contributed by atoms with E-state index >= 15 is 0 Å². The maximum absolute atomic E-state index is 6.19. The van der Waals surface area contributed by atoms with Crippen molar-refractivity contribution in [3.05, 3.63) is 28.3 Å². The summed E-state index contributed by atoms with van der Waals surface area (Å²) in [5.41, 5.74) is 7.85. The quantitative estimate of drug-likeness (QED) is 0.890. The summed E-state index contributed by atoms with van der Waals surface area (Å²) in [4.78, 5) is 0. The Morgan fingerprint density at radius 3 is 2.67 bits per heavy atom. The molecule has 3 nitrogen and oxygen atoms in total. The van der Waals surface area contributed by atoms with E-state index in [0.717, 1.165) is 11.1 Å². The number of hydrogen-bond acceptors (Lipinski definition) is 3. The Bertz CT molecular complexity index is 442. The minimum atomic E-state index is 0.0151. The Kier molecular flexibility index (Phi) is 5.51. The van der Waals surface area contributed by atoms with Crippen LogP contribution in [0.4, 0.5) is 0 Å². The molecule has 1 aromatic carbocycles. The number of benzene rings is 1. The van der Waals surface area contributed by atoms with Gasteiger partial charge in [-0.15, -0.1) is 0 Å². The monoisotopic (exact) mass is 269 g/mol. The molecule has 0 amide bonds. The first-order valence-electron chi connectivity index (χ1n) is 5.93. The summed E-state index contributed by atoms with van der Waals surface area (Å²) < 4.78 is 10.8. The van der Waals surface area contributed by atoms with Crippen molar-refractivity contribution in [1.82, 2.24) is 0 Å². The van der Waals surface area contributed by atoms with E-state index in [0.29, 0.717) is 23.1 Å². The van der Waals surface area contributed by atoms with E-state index in [1.165, 1.54) is 0 Å². The molecule has 0 bridgehead atoms. The maximum atomic E-state index is 6.19. The maximum Gasteiger partial charge on any atom is 0.179 e. The van der Waals surface area contributed by atoms with Crippen molar-refractivity contribution in [3.63, 3.8) is 0 Å². The van der Waals surface area contributed by atoms with Gasteiger partial charge < -0.3 is 15.2 Å². The Balaban J connectivity index is 3.18. The molecule has 0 spiro atoms. The van der Waals surface area contributed by atoms with E-state index in [-0.39, 0.29) is 6.04 Å². The highest BCUT2D eigenvalue weighted by Crippen LogP contribution is 2.37. The van der Waals surface area contributed by atoms with E-state index < -0.39 is 0 Å². The molecule has 18 heavy (non-hydrogen) atoms. The Labute approximate surface area is 114 Å². The van der Waals surface area contributed by atoms with Crippen molar-refractivity contribution in [2.24, 2.45) is 5.73 Å². The number of methoxy groups -OCH3 is 1. The second-order valence-corrected chi connectivity index (χ2v) is 4.55. The number of nitrogens with two attached hydrogens (primary N) is 1. The van der Waals surface area contributed by atoms with Crippen LogP contribution in [-0.2, 0) is 0 Å². The molecule has 4 heteroatoms. The summed E-state index contributed by atoms with van der Waals surface area (Å²) in [6.07, 6.45) is 1.99. The lowest BCUT2D eigenvalue weighted by Gasteiger charge is -2.13. The highest BCUT2D eigenvalue weighted by atomic mass is 35.5. The van der Waals surface area contributed by atoms with Crippen molar-refractivity contribution in [3.8, 4) is 11.5 Å².